The SMILES string of the molecule is CCCc1cccc2c1CCN(CCC)C21CC1. The standard InChI is InChI=1S/C17H25N/c1-3-6-14-7-5-8-16-15(14)9-13-18(12-4-2)17(16)10-11-17/h5,7-8H,3-4,6,9-13H2,1-2H3. The highest BCUT2D eigenvalue weighted by atomic mass is 15.2. The zero-order chi connectivity index (χ0) is 12.6. The number of fused-ring (bicyclic) bond motifs is 2. The van der Waals surface area contributed by atoms with Gasteiger partial charge in [-0.2, -0.15) is 0 Å². The summed E-state index contributed by atoms with van der Waals surface area (Å²) >= 11 is 0. The summed E-state index contributed by atoms with van der Waals surface area (Å²) in [5, 5.41) is 0. The highest BCUT2D eigenvalue weighted by molar-refractivity contribution is 5.45. The van der Waals surface area contributed by atoms with Crippen LogP contribution in [0, 0.1) is 0 Å². The van der Waals surface area contributed by atoms with Gasteiger partial charge in [-0.1, -0.05) is 38.5 Å². The Morgan fingerprint density at radius 3 is 2.67 bits per heavy atom. The molecule has 1 heterocycles. The van der Waals surface area contributed by atoms with Gasteiger partial charge in [0, 0.05) is 12.1 Å². The summed E-state index contributed by atoms with van der Waals surface area (Å²) < 4.78 is 0. The Balaban J connectivity index is 1.98. The molecule has 1 saturated carbocycles. The molecule has 0 radical (unpaired) electrons. The molecule has 1 fully saturated rings. The van der Waals surface area contributed by atoms with Crippen molar-refractivity contribution < 1.29 is 0 Å². The first-order valence-electron chi connectivity index (χ1n) is 7.68. The van der Waals surface area contributed by atoms with E-state index >= 15 is 0 Å². The zero-order valence-corrected chi connectivity index (χ0v) is 11.8. The van der Waals surface area contributed by atoms with Crippen molar-refractivity contribution in [2.45, 2.75) is 57.9 Å². The van der Waals surface area contributed by atoms with Crippen molar-refractivity contribution in [1.29, 1.82) is 0 Å². The van der Waals surface area contributed by atoms with Crippen molar-refractivity contribution >= 4 is 0 Å². The lowest BCUT2D eigenvalue weighted by Gasteiger charge is -2.38. The molecule has 98 valence electrons. The van der Waals surface area contributed by atoms with E-state index in [1.54, 1.807) is 16.7 Å². The molecule has 1 heteroatoms. The molecule has 2 aliphatic rings. The minimum absolute atomic E-state index is 0.452. The Morgan fingerprint density at radius 2 is 2.00 bits per heavy atom. The summed E-state index contributed by atoms with van der Waals surface area (Å²) in [6, 6.07) is 7.05. The van der Waals surface area contributed by atoms with Gasteiger partial charge in [0.05, 0.1) is 0 Å². The molecule has 0 bridgehead atoms. The lowest BCUT2D eigenvalue weighted by atomic mass is 9.86. The number of nitrogens with zero attached hydrogens (tertiary/aromatic N) is 1. The fraction of sp³-hybridized carbons (Fsp3) is 0.647. The third kappa shape index (κ3) is 1.80. The predicted octanol–water partition coefficient (Wildman–Crippen LogP) is 3.90. The first kappa shape index (κ1) is 12.2. The van der Waals surface area contributed by atoms with Crippen molar-refractivity contribution in [2.24, 2.45) is 0 Å². The predicted molar refractivity (Wildman–Crippen MR) is 76.9 cm³/mol. The van der Waals surface area contributed by atoms with Gasteiger partial charge < -0.3 is 0 Å². The van der Waals surface area contributed by atoms with Crippen LogP contribution in [-0.2, 0) is 18.4 Å². The fourth-order valence-electron chi connectivity index (χ4n) is 3.80. The van der Waals surface area contributed by atoms with E-state index in [0.717, 1.165) is 0 Å². The molecule has 0 atom stereocenters. The minimum atomic E-state index is 0.452. The van der Waals surface area contributed by atoms with Crippen molar-refractivity contribution in [3.8, 4) is 0 Å². The number of benzene rings is 1. The van der Waals surface area contributed by atoms with E-state index in [9.17, 15) is 0 Å². The van der Waals surface area contributed by atoms with Crippen LogP contribution in [-0.4, -0.2) is 18.0 Å². The van der Waals surface area contributed by atoms with Gasteiger partial charge in [0.25, 0.3) is 0 Å². The lowest BCUT2D eigenvalue weighted by Crippen LogP contribution is -2.42. The maximum atomic E-state index is 2.76. The fourth-order valence-corrected chi connectivity index (χ4v) is 3.80. The van der Waals surface area contributed by atoms with Gasteiger partial charge in [-0.15, -0.1) is 0 Å². The van der Waals surface area contributed by atoms with Gasteiger partial charge in [-0.05, 0) is 55.3 Å². The normalized spacial score (nSPS) is 21.0. The van der Waals surface area contributed by atoms with Crippen molar-refractivity contribution in [3.63, 3.8) is 0 Å². The number of aryl methyl sites for hydroxylation is 1. The number of rotatable bonds is 4. The summed E-state index contributed by atoms with van der Waals surface area (Å²) in [6.45, 7) is 7.15. The molecule has 0 aromatic heterocycles. The molecule has 1 nitrogen and oxygen atoms in total. The van der Waals surface area contributed by atoms with E-state index in [1.165, 1.54) is 51.6 Å². The summed E-state index contributed by atoms with van der Waals surface area (Å²) in [6.07, 6.45) is 7.85. The van der Waals surface area contributed by atoms with Crippen molar-refractivity contribution in [3.05, 3.63) is 34.9 Å². The smallest absolute Gasteiger partial charge is 0.0465 e. The summed E-state index contributed by atoms with van der Waals surface area (Å²) in [5.41, 5.74) is 5.45. The maximum absolute atomic E-state index is 2.76. The maximum Gasteiger partial charge on any atom is 0.0465 e. The molecular formula is C17H25N. The van der Waals surface area contributed by atoms with Crippen LogP contribution < -0.4 is 0 Å². The molecule has 1 aliphatic heterocycles. The van der Waals surface area contributed by atoms with Gasteiger partial charge in [-0.25, -0.2) is 0 Å². The van der Waals surface area contributed by atoms with E-state index in [4.69, 9.17) is 0 Å². The summed E-state index contributed by atoms with van der Waals surface area (Å²) in [5.74, 6) is 0. The molecule has 1 spiro atoms. The summed E-state index contributed by atoms with van der Waals surface area (Å²) in [4.78, 5) is 2.76. The van der Waals surface area contributed by atoms with E-state index in [2.05, 4.69) is 36.9 Å². The summed E-state index contributed by atoms with van der Waals surface area (Å²) in [7, 11) is 0. The van der Waals surface area contributed by atoms with Crippen LogP contribution in [0.4, 0.5) is 0 Å². The van der Waals surface area contributed by atoms with Gasteiger partial charge in [0.1, 0.15) is 0 Å². The zero-order valence-electron chi connectivity index (χ0n) is 11.8. The first-order valence-corrected chi connectivity index (χ1v) is 7.68. The van der Waals surface area contributed by atoms with Crippen molar-refractivity contribution in [2.75, 3.05) is 13.1 Å². The van der Waals surface area contributed by atoms with Crippen LogP contribution in [0.3, 0.4) is 0 Å². The second kappa shape index (κ2) is 4.70. The van der Waals surface area contributed by atoms with Crippen LogP contribution in [0.15, 0.2) is 18.2 Å². The van der Waals surface area contributed by atoms with Gasteiger partial charge >= 0.3 is 0 Å². The molecule has 1 aromatic rings. The Kier molecular flexibility index (Phi) is 3.19. The van der Waals surface area contributed by atoms with Crippen LogP contribution in [0.5, 0.6) is 0 Å². The monoisotopic (exact) mass is 243 g/mol. The molecule has 0 N–H and O–H groups in total. The Bertz CT molecular complexity index is 431. The third-order valence-electron chi connectivity index (χ3n) is 4.75. The average molecular weight is 243 g/mol. The van der Waals surface area contributed by atoms with E-state index in [1.807, 2.05) is 0 Å². The molecule has 0 amide bonds. The van der Waals surface area contributed by atoms with E-state index in [-0.39, 0.29) is 0 Å². The minimum Gasteiger partial charge on any atom is -0.293 e. The van der Waals surface area contributed by atoms with E-state index < -0.39 is 0 Å². The van der Waals surface area contributed by atoms with Crippen LogP contribution in [0.1, 0.15) is 56.2 Å². The number of hydrogen-bond donors (Lipinski definition) is 0. The number of hydrogen-bond acceptors (Lipinski definition) is 1. The molecule has 1 aliphatic carbocycles. The lowest BCUT2D eigenvalue weighted by molar-refractivity contribution is 0.164. The van der Waals surface area contributed by atoms with Crippen LogP contribution >= 0.6 is 0 Å². The quantitative estimate of drug-likeness (QED) is 0.775. The van der Waals surface area contributed by atoms with Gasteiger partial charge in [0.15, 0.2) is 0 Å². The molecule has 18 heavy (non-hydrogen) atoms. The van der Waals surface area contributed by atoms with Gasteiger partial charge in [0.2, 0.25) is 0 Å². The Morgan fingerprint density at radius 1 is 1.17 bits per heavy atom. The Hall–Kier alpha value is -0.820. The third-order valence-corrected chi connectivity index (χ3v) is 4.75. The first-order chi connectivity index (χ1) is 8.81. The van der Waals surface area contributed by atoms with Gasteiger partial charge in [-0.3, -0.25) is 4.90 Å². The highest BCUT2D eigenvalue weighted by Crippen LogP contribution is 2.54. The molecular weight excluding hydrogens is 218 g/mol. The highest BCUT2D eigenvalue weighted by Gasteiger charge is 2.51. The molecule has 0 unspecified atom stereocenters. The topological polar surface area (TPSA) is 3.24 Å². The van der Waals surface area contributed by atoms with Crippen molar-refractivity contribution in [1.82, 2.24) is 4.90 Å². The molecule has 3 rings (SSSR count). The Labute approximate surface area is 111 Å². The van der Waals surface area contributed by atoms with E-state index in [0.29, 0.717) is 5.54 Å². The second-order valence-electron chi connectivity index (χ2n) is 5.96. The second-order valence-corrected chi connectivity index (χ2v) is 5.96. The largest absolute Gasteiger partial charge is 0.293 e. The van der Waals surface area contributed by atoms with Crippen LogP contribution in [0.25, 0.3) is 0 Å². The average Bonchev–Trinajstić information content (AvgIpc) is 3.16. The molecule has 1 aromatic carbocycles. The molecule has 0 saturated heterocycles. The van der Waals surface area contributed by atoms with Crippen LogP contribution in [0.2, 0.25) is 0 Å².